The van der Waals surface area contributed by atoms with Gasteiger partial charge in [0, 0.05) is 30.4 Å². The number of aromatic nitrogens is 1. The molecule has 1 aromatic heterocycles. The second-order valence-electron chi connectivity index (χ2n) is 4.42. The minimum absolute atomic E-state index is 0.0110. The van der Waals surface area contributed by atoms with E-state index in [-0.39, 0.29) is 10.1 Å². The molecule has 0 radical (unpaired) electrons. The minimum atomic E-state index is -0.0110. The van der Waals surface area contributed by atoms with E-state index in [1.807, 2.05) is 19.9 Å². The third-order valence-electron chi connectivity index (χ3n) is 3.19. The number of hydrogen-bond acceptors (Lipinski definition) is 4. The number of nitrogens with zero attached hydrogens (tertiary/aromatic N) is 2. The van der Waals surface area contributed by atoms with Gasteiger partial charge in [0.05, 0.1) is 10.2 Å². The van der Waals surface area contributed by atoms with Crippen molar-refractivity contribution in [3.63, 3.8) is 0 Å². The highest BCUT2D eigenvalue weighted by Gasteiger charge is 2.12. The molecule has 1 heterocycles. The number of halogens is 1. The monoisotopic (exact) mass is 344 g/mol. The lowest BCUT2D eigenvalue weighted by atomic mass is 10.3. The Kier molecular flexibility index (Phi) is 5.72. The van der Waals surface area contributed by atoms with Crippen molar-refractivity contribution in [1.29, 1.82) is 0 Å². The Bertz CT molecular complexity index is 692. The van der Waals surface area contributed by atoms with Crippen molar-refractivity contribution in [2.45, 2.75) is 20.4 Å². The lowest BCUT2D eigenvalue weighted by Crippen LogP contribution is -2.27. The SMILES string of the molecule is CCN(CC)C(=O)SCCn1c(=O)sc2ccc(Cl)cc21. The van der Waals surface area contributed by atoms with Crippen molar-refractivity contribution in [1.82, 2.24) is 9.47 Å². The zero-order valence-electron chi connectivity index (χ0n) is 12.0. The number of benzene rings is 1. The van der Waals surface area contributed by atoms with Crippen LogP contribution in [-0.2, 0) is 6.54 Å². The maximum Gasteiger partial charge on any atom is 0.308 e. The minimum Gasteiger partial charge on any atom is -0.334 e. The quantitative estimate of drug-likeness (QED) is 0.825. The molecule has 4 nitrogen and oxygen atoms in total. The zero-order valence-corrected chi connectivity index (χ0v) is 14.4. The maximum absolute atomic E-state index is 12.0. The molecule has 0 N–H and O–H groups in total. The van der Waals surface area contributed by atoms with Crippen LogP contribution in [0.15, 0.2) is 23.0 Å². The molecule has 0 unspecified atom stereocenters. The lowest BCUT2D eigenvalue weighted by molar-refractivity contribution is 0.228. The predicted molar refractivity (Wildman–Crippen MR) is 91.9 cm³/mol. The molecule has 0 aliphatic heterocycles. The highest BCUT2D eigenvalue weighted by atomic mass is 35.5. The van der Waals surface area contributed by atoms with Gasteiger partial charge in [0.2, 0.25) is 0 Å². The Labute approximate surface area is 136 Å². The largest absolute Gasteiger partial charge is 0.334 e. The number of carbonyl (C=O) groups is 1. The molecule has 0 aliphatic carbocycles. The van der Waals surface area contributed by atoms with Gasteiger partial charge in [0.1, 0.15) is 0 Å². The predicted octanol–water partition coefficient (Wildman–Crippen LogP) is 3.91. The van der Waals surface area contributed by atoms with Gasteiger partial charge >= 0.3 is 4.87 Å². The summed E-state index contributed by atoms with van der Waals surface area (Å²) in [5.74, 6) is 0.577. The Morgan fingerprint density at radius 2 is 2.10 bits per heavy atom. The first-order valence-electron chi connectivity index (χ1n) is 6.77. The van der Waals surface area contributed by atoms with E-state index in [0.29, 0.717) is 30.4 Å². The van der Waals surface area contributed by atoms with E-state index in [4.69, 9.17) is 11.6 Å². The molecular formula is C14H17ClN2O2S2. The Hall–Kier alpha value is -0.980. The fraction of sp³-hybridized carbons (Fsp3) is 0.429. The molecule has 21 heavy (non-hydrogen) atoms. The summed E-state index contributed by atoms with van der Waals surface area (Å²) in [7, 11) is 0. The average molecular weight is 345 g/mol. The fourth-order valence-corrected chi connectivity index (χ4v) is 4.00. The van der Waals surface area contributed by atoms with Gasteiger partial charge in [-0.25, -0.2) is 0 Å². The second-order valence-corrected chi connectivity index (χ2v) is 6.89. The van der Waals surface area contributed by atoms with E-state index < -0.39 is 0 Å². The number of fused-ring (bicyclic) bond motifs is 1. The molecule has 2 aromatic rings. The van der Waals surface area contributed by atoms with E-state index in [2.05, 4.69) is 0 Å². The molecule has 0 saturated carbocycles. The van der Waals surface area contributed by atoms with Gasteiger partial charge in [0.25, 0.3) is 5.24 Å². The van der Waals surface area contributed by atoms with Gasteiger partial charge in [-0.3, -0.25) is 14.2 Å². The third-order valence-corrected chi connectivity index (χ3v) is 5.28. The highest BCUT2D eigenvalue weighted by molar-refractivity contribution is 8.13. The summed E-state index contributed by atoms with van der Waals surface area (Å²) in [5, 5.41) is 0.673. The number of rotatable bonds is 5. The van der Waals surface area contributed by atoms with E-state index in [0.717, 1.165) is 10.2 Å². The molecule has 0 bridgehead atoms. The highest BCUT2D eigenvalue weighted by Crippen LogP contribution is 2.22. The number of thiazole rings is 1. The van der Waals surface area contributed by atoms with E-state index in [9.17, 15) is 9.59 Å². The number of carbonyl (C=O) groups excluding carboxylic acids is 1. The second kappa shape index (κ2) is 7.33. The first-order valence-corrected chi connectivity index (χ1v) is 8.95. The summed E-state index contributed by atoms with van der Waals surface area (Å²) >= 11 is 8.44. The molecule has 114 valence electrons. The van der Waals surface area contributed by atoms with Crippen LogP contribution in [0, 0.1) is 0 Å². The number of amides is 1. The van der Waals surface area contributed by atoms with E-state index in [1.54, 1.807) is 21.6 Å². The first-order chi connectivity index (χ1) is 10.1. The Morgan fingerprint density at radius 3 is 2.76 bits per heavy atom. The van der Waals surface area contributed by atoms with Crippen LogP contribution in [0.5, 0.6) is 0 Å². The molecule has 0 atom stereocenters. The summed E-state index contributed by atoms with van der Waals surface area (Å²) < 4.78 is 2.61. The topological polar surface area (TPSA) is 42.3 Å². The first kappa shape index (κ1) is 16.4. The molecular weight excluding hydrogens is 328 g/mol. The van der Waals surface area contributed by atoms with E-state index >= 15 is 0 Å². The van der Waals surface area contributed by atoms with Gasteiger partial charge in [0.15, 0.2) is 0 Å². The number of hydrogen-bond donors (Lipinski definition) is 0. The van der Waals surface area contributed by atoms with Gasteiger partial charge in [-0.15, -0.1) is 0 Å². The van der Waals surface area contributed by atoms with Gasteiger partial charge < -0.3 is 4.90 Å². The average Bonchev–Trinajstić information content (AvgIpc) is 2.76. The Morgan fingerprint density at radius 1 is 1.38 bits per heavy atom. The van der Waals surface area contributed by atoms with Crippen molar-refractivity contribution in [2.24, 2.45) is 0 Å². The molecule has 0 spiro atoms. The van der Waals surface area contributed by atoms with E-state index in [1.165, 1.54) is 23.1 Å². The van der Waals surface area contributed by atoms with Crippen molar-refractivity contribution >= 4 is 50.2 Å². The molecule has 0 fully saturated rings. The summed E-state index contributed by atoms with van der Waals surface area (Å²) in [6.45, 7) is 5.84. The van der Waals surface area contributed by atoms with Crippen LogP contribution in [0.4, 0.5) is 4.79 Å². The van der Waals surface area contributed by atoms with Crippen LogP contribution in [0.1, 0.15) is 13.8 Å². The van der Waals surface area contributed by atoms with Crippen molar-refractivity contribution in [3.8, 4) is 0 Å². The fourth-order valence-electron chi connectivity index (χ4n) is 2.04. The molecule has 0 aliphatic rings. The molecule has 1 aromatic carbocycles. The standard InChI is InChI=1S/C14H17ClN2O2S2/c1-3-16(4-2)13(18)20-8-7-17-11-9-10(15)5-6-12(11)21-14(17)19/h5-6,9H,3-4,7-8H2,1-2H3. The van der Waals surface area contributed by atoms with Crippen LogP contribution < -0.4 is 4.87 Å². The summed E-state index contributed by atoms with van der Waals surface area (Å²) in [5.41, 5.74) is 0.841. The number of thioether (sulfide) groups is 1. The third kappa shape index (κ3) is 3.81. The Balaban J connectivity index is 2.07. The molecule has 7 heteroatoms. The van der Waals surface area contributed by atoms with Crippen molar-refractivity contribution < 1.29 is 4.79 Å². The van der Waals surface area contributed by atoms with Gasteiger partial charge in [-0.05, 0) is 32.0 Å². The van der Waals surface area contributed by atoms with Crippen LogP contribution >= 0.6 is 34.7 Å². The van der Waals surface area contributed by atoms with Crippen LogP contribution in [0.25, 0.3) is 10.2 Å². The molecule has 1 amide bonds. The summed E-state index contributed by atoms with van der Waals surface area (Å²) in [6, 6.07) is 5.43. The number of aryl methyl sites for hydroxylation is 1. The van der Waals surface area contributed by atoms with Crippen LogP contribution in [-0.4, -0.2) is 33.5 Å². The van der Waals surface area contributed by atoms with Gasteiger partial charge in [-0.2, -0.15) is 0 Å². The lowest BCUT2D eigenvalue weighted by Gasteiger charge is -2.17. The summed E-state index contributed by atoms with van der Waals surface area (Å²) in [6.07, 6.45) is 0. The summed E-state index contributed by atoms with van der Waals surface area (Å²) in [4.78, 5) is 25.7. The molecule has 2 rings (SSSR count). The normalized spacial score (nSPS) is 11.0. The van der Waals surface area contributed by atoms with Crippen LogP contribution in [0.3, 0.4) is 0 Å². The molecule has 0 saturated heterocycles. The van der Waals surface area contributed by atoms with Crippen molar-refractivity contribution in [3.05, 3.63) is 32.9 Å². The van der Waals surface area contributed by atoms with Crippen molar-refractivity contribution in [2.75, 3.05) is 18.8 Å². The smallest absolute Gasteiger partial charge is 0.308 e. The zero-order chi connectivity index (χ0) is 15.4. The maximum atomic E-state index is 12.0. The van der Waals surface area contributed by atoms with Crippen LogP contribution in [0.2, 0.25) is 5.02 Å². The van der Waals surface area contributed by atoms with Gasteiger partial charge in [-0.1, -0.05) is 34.7 Å².